The van der Waals surface area contributed by atoms with Gasteiger partial charge in [-0.15, -0.1) is 0 Å². The lowest BCUT2D eigenvalue weighted by Gasteiger charge is -2.22. The predicted octanol–water partition coefficient (Wildman–Crippen LogP) is 2.26. The molecule has 2 rings (SSSR count). The molecule has 5 heteroatoms. The minimum Gasteiger partial charge on any atom is -0.483 e. The number of ether oxygens (including phenoxy) is 1. The molecule has 0 aromatic heterocycles. The minimum absolute atomic E-state index is 0.118. The van der Waals surface area contributed by atoms with E-state index in [1.807, 2.05) is 24.3 Å². The number of para-hydroxylation sites is 1. The topological polar surface area (TPSA) is 66.8 Å². The van der Waals surface area contributed by atoms with Gasteiger partial charge in [-0.25, -0.2) is 4.79 Å². The molecule has 114 valence electrons. The van der Waals surface area contributed by atoms with Gasteiger partial charge < -0.3 is 14.7 Å². The smallest absolute Gasteiger partial charge is 0.326 e. The Balaban J connectivity index is 2.00. The number of carboxylic acid groups (broad SMARTS) is 1. The van der Waals surface area contributed by atoms with Gasteiger partial charge in [0.2, 0.25) is 0 Å². The van der Waals surface area contributed by atoms with Gasteiger partial charge >= 0.3 is 5.97 Å². The molecule has 1 aliphatic heterocycles. The van der Waals surface area contributed by atoms with Crippen molar-refractivity contribution in [2.75, 3.05) is 13.2 Å². The fourth-order valence-electron chi connectivity index (χ4n) is 2.63. The standard InChI is InChI=1S/C16H21NO4/c1-11(2)12-6-3-4-8-14(12)21-10-15(18)17-9-5-7-13(17)16(19)20/h3-4,6,8,11,13H,5,7,9-10H2,1-2H3,(H,19,20)/t13-/m0/s1. The summed E-state index contributed by atoms with van der Waals surface area (Å²) in [5.41, 5.74) is 1.04. The Bertz CT molecular complexity index is 527. The largest absolute Gasteiger partial charge is 0.483 e. The van der Waals surface area contributed by atoms with Crippen LogP contribution in [0.2, 0.25) is 0 Å². The molecule has 1 atom stereocenters. The van der Waals surface area contributed by atoms with E-state index >= 15 is 0 Å². The Morgan fingerprint density at radius 3 is 2.76 bits per heavy atom. The van der Waals surface area contributed by atoms with Crippen LogP contribution in [0.4, 0.5) is 0 Å². The van der Waals surface area contributed by atoms with E-state index in [1.54, 1.807) is 0 Å². The fourth-order valence-corrected chi connectivity index (χ4v) is 2.63. The van der Waals surface area contributed by atoms with Gasteiger partial charge in [-0.1, -0.05) is 32.0 Å². The molecule has 1 saturated heterocycles. The van der Waals surface area contributed by atoms with Crippen molar-refractivity contribution < 1.29 is 19.4 Å². The van der Waals surface area contributed by atoms with Crippen molar-refractivity contribution in [1.82, 2.24) is 4.90 Å². The highest BCUT2D eigenvalue weighted by molar-refractivity contribution is 5.85. The summed E-state index contributed by atoms with van der Waals surface area (Å²) in [6.07, 6.45) is 1.24. The van der Waals surface area contributed by atoms with Crippen LogP contribution in [0.15, 0.2) is 24.3 Å². The molecule has 0 bridgehead atoms. The summed E-state index contributed by atoms with van der Waals surface area (Å²) in [6, 6.07) is 6.90. The lowest BCUT2D eigenvalue weighted by molar-refractivity contribution is -0.148. The molecular formula is C16H21NO4. The zero-order valence-electron chi connectivity index (χ0n) is 12.4. The number of aliphatic carboxylic acids is 1. The van der Waals surface area contributed by atoms with Crippen molar-refractivity contribution in [3.05, 3.63) is 29.8 Å². The number of rotatable bonds is 5. The number of hydrogen-bond acceptors (Lipinski definition) is 3. The first-order chi connectivity index (χ1) is 10.0. The van der Waals surface area contributed by atoms with Gasteiger partial charge in [-0.3, -0.25) is 4.79 Å². The van der Waals surface area contributed by atoms with E-state index in [9.17, 15) is 9.59 Å². The molecular weight excluding hydrogens is 270 g/mol. The maximum atomic E-state index is 12.2. The maximum absolute atomic E-state index is 12.2. The summed E-state index contributed by atoms with van der Waals surface area (Å²) < 4.78 is 5.62. The molecule has 1 heterocycles. The molecule has 1 aliphatic rings. The van der Waals surface area contributed by atoms with E-state index in [4.69, 9.17) is 9.84 Å². The van der Waals surface area contributed by atoms with Crippen molar-refractivity contribution in [2.24, 2.45) is 0 Å². The Morgan fingerprint density at radius 1 is 1.38 bits per heavy atom. The van der Waals surface area contributed by atoms with Crippen LogP contribution in [-0.4, -0.2) is 41.1 Å². The second-order valence-corrected chi connectivity index (χ2v) is 5.56. The zero-order valence-corrected chi connectivity index (χ0v) is 12.4. The molecule has 21 heavy (non-hydrogen) atoms. The molecule has 0 radical (unpaired) electrons. The lowest BCUT2D eigenvalue weighted by Crippen LogP contribution is -2.42. The Hall–Kier alpha value is -2.04. The van der Waals surface area contributed by atoms with E-state index in [-0.39, 0.29) is 12.5 Å². The van der Waals surface area contributed by atoms with Crippen molar-refractivity contribution in [1.29, 1.82) is 0 Å². The van der Waals surface area contributed by atoms with Crippen LogP contribution >= 0.6 is 0 Å². The predicted molar refractivity (Wildman–Crippen MR) is 78.4 cm³/mol. The molecule has 1 N–H and O–H groups in total. The van der Waals surface area contributed by atoms with Crippen LogP contribution in [0.3, 0.4) is 0 Å². The molecule has 1 aromatic rings. The third-order valence-electron chi connectivity index (χ3n) is 3.75. The van der Waals surface area contributed by atoms with Crippen LogP contribution in [0.1, 0.15) is 38.2 Å². The highest BCUT2D eigenvalue weighted by Crippen LogP contribution is 2.26. The summed E-state index contributed by atoms with van der Waals surface area (Å²) in [4.78, 5) is 24.7. The highest BCUT2D eigenvalue weighted by atomic mass is 16.5. The molecule has 1 aromatic carbocycles. The Kier molecular flexibility index (Phi) is 4.83. The molecule has 1 amide bonds. The van der Waals surface area contributed by atoms with Gasteiger partial charge in [0, 0.05) is 6.54 Å². The molecule has 5 nitrogen and oxygen atoms in total. The van der Waals surface area contributed by atoms with E-state index in [0.717, 1.165) is 12.0 Å². The van der Waals surface area contributed by atoms with Gasteiger partial charge in [0.15, 0.2) is 6.61 Å². The van der Waals surface area contributed by atoms with Crippen molar-refractivity contribution in [3.8, 4) is 5.75 Å². The summed E-state index contributed by atoms with van der Waals surface area (Å²) in [5.74, 6) is -0.219. The van der Waals surface area contributed by atoms with Crippen LogP contribution in [0.5, 0.6) is 5.75 Å². The lowest BCUT2D eigenvalue weighted by atomic mass is 10.0. The van der Waals surface area contributed by atoms with E-state index in [1.165, 1.54) is 4.90 Å². The van der Waals surface area contributed by atoms with Crippen LogP contribution < -0.4 is 4.74 Å². The number of carbonyl (C=O) groups is 2. The van der Waals surface area contributed by atoms with E-state index < -0.39 is 12.0 Å². The summed E-state index contributed by atoms with van der Waals surface area (Å²) >= 11 is 0. The second kappa shape index (κ2) is 6.61. The fraction of sp³-hybridized carbons (Fsp3) is 0.500. The second-order valence-electron chi connectivity index (χ2n) is 5.56. The van der Waals surface area contributed by atoms with Crippen LogP contribution in [-0.2, 0) is 9.59 Å². The normalized spacial score (nSPS) is 18.0. The highest BCUT2D eigenvalue weighted by Gasteiger charge is 2.34. The van der Waals surface area contributed by atoms with Gasteiger partial charge in [0.1, 0.15) is 11.8 Å². The number of nitrogens with zero attached hydrogens (tertiary/aromatic N) is 1. The monoisotopic (exact) mass is 291 g/mol. The number of carboxylic acids is 1. The molecule has 0 aliphatic carbocycles. The number of hydrogen-bond donors (Lipinski definition) is 1. The third-order valence-corrected chi connectivity index (χ3v) is 3.75. The Labute approximate surface area is 124 Å². The van der Waals surface area contributed by atoms with Crippen molar-refractivity contribution in [3.63, 3.8) is 0 Å². The maximum Gasteiger partial charge on any atom is 0.326 e. The van der Waals surface area contributed by atoms with Crippen LogP contribution in [0.25, 0.3) is 0 Å². The first kappa shape index (κ1) is 15.4. The summed E-state index contributed by atoms with van der Waals surface area (Å²) in [5, 5.41) is 9.10. The van der Waals surface area contributed by atoms with Crippen LogP contribution in [0, 0.1) is 0 Å². The first-order valence-corrected chi connectivity index (χ1v) is 7.24. The minimum atomic E-state index is -0.941. The van der Waals surface area contributed by atoms with Crippen molar-refractivity contribution in [2.45, 2.75) is 38.6 Å². The molecule has 0 unspecified atom stereocenters. The molecule has 0 saturated carbocycles. The molecule has 0 spiro atoms. The first-order valence-electron chi connectivity index (χ1n) is 7.24. The van der Waals surface area contributed by atoms with Gasteiger partial charge in [-0.2, -0.15) is 0 Å². The van der Waals surface area contributed by atoms with E-state index in [2.05, 4.69) is 13.8 Å². The van der Waals surface area contributed by atoms with E-state index in [0.29, 0.717) is 24.6 Å². The van der Waals surface area contributed by atoms with Gasteiger partial charge in [0.25, 0.3) is 5.91 Å². The number of likely N-dealkylation sites (tertiary alicyclic amines) is 1. The summed E-state index contributed by atoms with van der Waals surface area (Å²) in [7, 11) is 0. The molecule has 1 fully saturated rings. The average Bonchev–Trinajstić information content (AvgIpc) is 2.94. The van der Waals surface area contributed by atoms with Crippen molar-refractivity contribution >= 4 is 11.9 Å². The third kappa shape index (κ3) is 3.54. The Morgan fingerprint density at radius 2 is 2.10 bits per heavy atom. The SMILES string of the molecule is CC(C)c1ccccc1OCC(=O)N1CCC[C@H]1C(=O)O. The van der Waals surface area contributed by atoms with Gasteiger partial charge in [0.05, 0.1) is 0 Å². The quantitative estimate of drug-likeness (QED) is 0.903. The summed E-state index contributed by atoms with van der Waals surface area (Å²) in [6.45, 7) is 4.49. The number of carbonyl (C=O) groups excluding carboxylic acids is 1. The number of amides is 1. The van der Waals surface area contributed by atoms with Gasteiger partial charge in [-0.05, 0) is 30.4 Å². The average molecular weight is 291 g/mol. The number of benzene rings is 1. The zero-order chi connectivity index (χ0) is 15.4.